The predicted molar refractivity (Wildman–Crippen MR) is 141 cm³/mol. The quantitative estimate of drug-likeness (QED) is 0.391. The van der Waals surface area contributed by atoms with E-state index in [1.54, 1.807) is 5.54 Å². The summed E-state index contributed by atoms with van der Waals surface area (Å²) in [6.45, 7) is 17.2. The molecule has 0 amide bonds. The van der Waals surface area contributed by atoms with E-state index in [1.807, 2.05) is 0 Å². The van der Waals surface area contributed by atoms with Gasteiger partial charge in [0.1, 0.15) is 0 Å². The Bertz CT molecular complexity index is 848. The van der Waals surface area contributed by atoms with Gasteiger partial charge in [0.2, 0.25) is 0 Å². The number of fused-ring (bicyclic) bond motifs is 7. The van der Waals surface area contributed by atoms with Crippen molar-refractivity contribution < 1.29 is 10.2 Å². The second-order valence-corrected chi connectivity index (χ2v) is 15.9. The van der Waals surface area contributed by atoms with E-state index in [1.165, 1.54) is 44.9 Å². The lowest BCUT2D eigenvalue weighted by atomic mass is 9.31. The van der Waals surface area contributed by atoms with Crippen molar-refractivity contribution >= 4 is 11.6 Å². The van der Waals surface area contributed by atoms with Crippen molar-refractivity contribution in [2.75, 3.05) is 0 Å². The van der Waals surface area contributed by atoms with Crippen molar-refractivity contribution in [3.05, 3.63) is 11.6 Å². The minimum atomic E-state index is -0.240. The zero-order valence-corrected chi connectivity index (χ0v) is 23.7. The summed E-state index contributed by atoms with van der Waals surface area (Å²) in [6, 6.07) is 0. The molecule has 0 spiro atoms. The molecule has 0 aromatic rings. The summed E-state index contributed by atoms with van der Waals surface area (Å²) in [7, 11) is 0. The van der Waals surface area contributed by atoms with Crippen LogP contribution in [0.2, 0.25) is 0 Å². The summed E-state index contributed by atoms with van der Waals surface area (Å²) in [5.74, 6) is 1.91. The number of aliphatic hydroxyl groups is 2. The van der Waals surface area contributed by atoms with E-state index in [0.29, 0.717) is 29.1 Å². The van der Waals surface area contributed by atoms with Gasteiger partial charge in [-0.15, -0.1) is 0 Å². The molecule has 0 heterocycles. The number of hydrogen-bond acceptors (Lipinski definition) is 2. The first kappa shape index (κ1) is 25.6. The van der Waals surface area contributed by atoms with Crippen molar-refractivity contribution in [1.29, 1.82) is 0 Å². The van der Waals surface area contributed by atoms with Crippen LogP contribution in [0.25, 0.3) is 0 Å². The molecule has 5 rings (SSSR count). The lowest BCUT2D eigenvalue weighted by molar-refractivity contribution is -0.274. The van der Waals surface area contributed by atoms with Crippen molar-refractivity contribution in [3.63, 3.8) is 0 Å². The maximum atomic E-state index is 12.1. The summed E-state index contributed by atoms with van der Waals surface area (Å²) in [5, 5.41) is 23.0. The molecule has 0 radical (unpaired) electrons. The fraction of sp³-hybridized carbons (Fsp3) is 0.935. The van der Waals surface area contributed by atoms with Crippen molar-refractivity contribution in [1.82, 2.24) is 0 Å². The van der Waals surface area contributed by atoms with Crippen molar-refractivity contribution in [2.24, 2.45) is 56.2 Å². The van der Waals surface area contributed by atoms with E-state index < -0.39 is 0 Å². The van der Waals surface area contributed by atoms with Crippen molar-refractivity contribution in [3.8, 4) is 0 Å². The molecule has 3 heteroatoms. The van der Waals surface area contributed by atoms with Gasteiger partial charge >= 0.3 is 0 Å². The zero-order valence-electron chi connectivity index (χ0n) is 23.0. The molecular weight excluding hydrogens is 440 g/mol. The van der Waals surface area contributed by atoms with Gasteiger partial charge in [-0.3, -0.25) is 0 Å². The molecule has 5 aliphatic rings. The van der Waals surface area contributed by atoms with Gasteiger partial charge in [-0.05, 0) is 120 Å². The molecule has 5 fully saturated rings. The summed E-state index contributed by atoms with van der Waals surface area (Å²) >= 11 is 6.27. The molecule has 194 valence electrons. The Morgan fingerprint density at radius 1 is 0.765 bits per heavy atom. The van der Waals surface area contributed by atoms with E-state index in [4.69, 9.17) is 11.6 Å². The van der Waals surface area contributed by atoms with Crippen LogP contribution in [-0.2, 0) is 0 Å². The van der Waals surface area contributed by atoms with Gasteiger partial charge in [0.15, 0.2) is 0 Å². The van der Waals surface area contributed by atoms with Crippen LogP contribution < -0.4 is 0 Å². The number of hydrogen-bond donors (Lipinski definition) is 2. The maximum absolute atomic E-state index is 12.1. The monoisotopic (exact) mass is 490 g/mol. The van der Waals surface area contributed by atoms with Crippen LogP contribution >= 0.6 is 11.6 Å². The highest BCUT2D eigenvalue weighted by molar-refractivity contribution is 6.25. The molecular formula is C31H51ClO2. The standard InChI is InChI=1S/C31H51ClO2/c1-26(2)12-14-31(16-17-32)15-13-30(7)25(20(31)19-26)21(33)18-23-28(5)10-9-24(34)27(3,4)22(28)8-11-29(23,30)6/h16-17,20-25,33-34H,8-15,18-19H2,1-7H3/b17-16+/t20-,21+,22-,23+,24-,25-,28-,29+,30+,31+/m0/s1. The Balaban J connectivity index is 1.58. The molecule has 0 aliphatic heterocycles. The van der Waals surface area contributed by atoms with Crippen LogP contribution in [0.5, 0.6) is 0 Å². The van der Waals surface area contributed by atoms with Gasteiger partial charge in [-0.25, -0.2) is 0 Å². The second-order valence-electron chi connectivity index (χ2n) is 15.7. The number of halogens is 1. The van der Waals surface area contributed by atoms with Crippen LogP contribution in [0.1, 0.15) is 113 Å². The average Bonchev–Trinajstić information content (AvgIpc) is 2.74. The smallest absolute Gasteiger partial charge is 0.0594 e. The van der Waals surface area contributed by atoms with Gasteiger partial charge in [-0.2, -0.15) is 0 Å². The Kier molecular flexibility index (Phi) is 5.82. The largest absolute Gasteiger partial charge is 0.393 e. The number of rotatable bonds is 1. The Hall–Kier alpha value is -0.0500. The van der Waals surface area contributed by atoms with Crippen LogP contribution in [0.4, 0.5) is 0 Å². The van der Waals surface area contributed by atoms with Gasteiger partial charge in [0.05, 0.1) is 12.2 Å². The van der Waals surface area contributed by atoms with E-state index in [9.17, 15) is 10.2 Å². The van der Waals surface area contributed by atoms with Crippen LogP contribution in [0.3, 0.4) is 0 Å². The number of aliphatic hydroxyl groups excluding tert-OH is 2. The molecule has 5 aliphatic carbocycles. The Morgan fingerprint density at radius 3 is 2.12 bits per heavy atom. The third-order valence-electron chi connectivity index (χ3n) is 13.7. The topological polar surface area (TPSA) is 40.5 Å². The maximum Gasteiger partial charge on any atom is 0.0594 e. The minimum absolute atomic E-state index is 0.0444. The van der Waals surface area contributed by atoms with Gasteiger partial charge in [0.25, 0.3) is 0 Å². The zero-order chi connectivity index (χ0) is 24.9. The first-order valence-corrected chi connectivity index (χ1v) is 14.7. The number of allylic oxidation sites excluding steroid dienone is 1. The third-order valence-corrected chi connectivity index (χ3v) is 13.8. The molecule has 2 nitrogen and oxygen atoms in total. The Morgan fingerprint density at radius 2 is 1.44 bits per heavy atom. The summed E-state index contributed by atoms with van der Waals surface area (Å²) < 4.78 is 0. The molecule has 0 bridgehead atoms. The minimum Gasteiger partial charge on any atom is -0.393 e. The summed E-state index contributed by atoms with van der Waals surface area (Å²) in [6.07, 6.45) is 13.4. The van der Waals surface area contributed by atoms with Crippen LogP contribution in [-0.4, -0.2) is 22.4 Å². The molecule has 5 saturated carbocycles. The lowest BCUT2D eigenvalue weighted by Gasteiger charge is -2.74. The van der Waals surface area contributed by atoms with Crippen LogP contribution in [0.15, 0.2) is 11.6 Å². The van der Waals surface area contributed by atoms with Gasteiger partial charge in [0, 0.05) is 5.54 Å². The van der Waals surface area contributed by atoms with Gasteiger partial charge < -0.3 is 10.2 Å². The van der Waals surface area contributed by atoms with E-state index in [-0.39, 0.29) is 39.3 Å². The lowest BCUT2D eigenvalue weighted by Crippen LogP contribution is -2.69. The summed E-state index contributed by atoms with van der Waals surface area (Å²) in [4.78, 5) is 0. The molecule has 0 saturated heterocycles. The predicted octanol–water partition coefficient (Wildman–Crippen LogP) is 7.95. The van der Waals surface area contributed by atoms with E-state index >= 15 is 0 Å². The molecule has 10 atom stereocenters. The highest BCUT2D eigenvalue weighted by Gasteiger charge is 2.71. The van der Waals surface area contributed by atoms with Crippen molar-refractivity contribution in [2.45, 2.75) is 125 Å². The highest BCUT2D eigenvalue weighted by atomic mass is 35.5. The second kappa shape index (κ2) is 7.73. The Labute approximate surface area is 214 Å². The molecule has 2 N–H and O–H groups in total. The average molecular weight is 491 g/mol. The molecule has 0 aromatic carbocycles. The first-order chi connectivity index (χ1) is 15.7. The van der Waals surface area contributed by atoms with E-state index in [0.717, 1.165) is 19.3 Å². The SMILES string of the molecule is CC1(C)CC[C@]2(/C=C/Cl)CC[C@]3(C)[C@H]([C@H](O)C[C@@H]4[C@@]5(C)CC[C@H](O)C(C)(C)[C@@H]5CC[C@]43C)[C@@H]2C1. The van der Waals surface area contributed by atoms with Crippen LogP contribution in [0, 0.1) is 56.2 Å². The third kappa shape index (κ3) is 3.19. The summed E-state index contributed by atoms with van der Waals surface area (Å²) in [5.41, 5.74) is 2.80. The molecule has 0 aromatic heterocycles. The fourth-order valence-electron chi connectivity index (χ4n) is 11.5. The fourth-order valence-corrected chi connectivity index (χ4v) is 11.7. The normalized spacial score (nSPS) is 56.2. The molecule has 0 unspecified atom stereocenters. The van der Waals surface area contributed by atoms with Gasteiger partial charge in [-0.1, -0.05) is 66.1 Å². The first-order valence-electron chi connectivity index (χ1n) is 14.3. The van der Waals surface area contributed by atoms with E-state index in [2.05, 4.69) is 54.5 Å². The highest BCUT2D eigenvalue weighted by Crippen LogP contribution is 2.77. The molecule has 34 heavy (non-hydrogen) atoms.